The van der Waals surface area contributed by atoms with Crippen LogP contribution in [0.3, 0.4) is 0 Å². The Labute approximate surface area is 86.7 Å². The van der Waals surface area contributed by atoms with Crippen LogP contribution in [-0.4, -0.2) is 23.3 Å². The second-order valence-corrected chi connectivity index (χ2v) is 2.95. The molecule has 1 rings (SSSR count). The van der Waals surface area contributed by atoms with Gasteiger partial charge >= 0.3 is 0 Å². The first-order valence-corrected chi connectivity index (χ1v) is 4.37. The molecule has 80 valence electrons. The van der Waals surface area contributed by atoms with Crippen LogP contribution in [0.4, 0.5) is 5.69 Å². The average molecular weight is 208 g/mol. The molecular formula is C9H12N4O2. The topological polar surface area (TPSA) is 111 Å². The van der Waals surface area contributed by atoms with Gasteiger partial charge in [0.25, 0.3) is 5.91 Å². The molecule has 15 heavy (non-hydrogen) atoms. The molecule has 0 atom stereocenters. The molecule has 0 aromatic carbocycles. The fourth-order valence-corrected chi connectivity index (χ4v) is 0.929. The average Bonchev–Trinajstić information content (AvgIpc) is 2.18. The molecular weight excluding hydrogens is 196 g/mol. The van der Waals surface area contributed by atoms with Crippen LogP contribution in [-0.2, 0) is 4.79 Å². The van der Waals surface area contributed by atoms with Crippen molar-refractivity contribution in [1.82, 2.24) is 10.3 Å². The highest BCUT2D eigenvalue weighted by Gasteiger charge is 2.05. The Balaban J connectivity index is 2.47. The molecule has 6 heteroatoms. The highest BCUT2D eigenvalue weighted by atomic mass is 16.2. The quantitative estimate of drug-likeness (QED) is 0.605. The van der Waals surface area contributed by atoms with E-state index in [1.165, 1.54) is 12.3 Å². The van der Waals surface area contributed by atoms with Gasteiger partial charge in [0, 0.05) is 13.0 Å². The van der Waals surface area contributed by atoms with E-state index in [0.717, 1.165) is 0 Å². The molecule has 0 fully saturated rings. The van der Waals surface area contributed by atoms with Gasteiger partial charge in [-0.15, -0.1) is 0 Å². The van der Waals surface area contributed by atoms with Gasteiger partial charge in [0.2, 0.25) is 5.91 Å². The zero-order chi connectivity index (χ0) is 11.3. The number of rotatable bonds is 4. The molecule has 0 saturated heterocycles. The molecule has 0 aliphatic rings. The summed E-state index contributed by atoms with van der Waals surface area (Å²) in [7, 11) is 0. The minimum Gasteiger partial charge on any atom is -0.397 e. The van der Waals surface area contributed by atoms with Crippen LogP contribution in [0.5, 0.6) is 0 Å². The molecule has 6 nitrogen and oxygen atoms in total. The molecule has 2 amide bonds. The third kappa shape index (κ3) is 3.63. The number of primary amides is 1. The predicted molar refractivity (Wildman–Crippen MR) is 54.8 cm³/mol. The molecule has 0 saturated carbocycles. The van der Waals surface area contributed by atoms with Crippen LogP contribution < -0.4 is 16.8 Å². The SMILES string of the molecule is NC(=O)CCNC(=O)c1ccc(N)cn1. The number of anilines is 1. The normalized spacial score (nSPS) is 9.60. The van der Waals surface area contributed by atoms with E-state index in [0.29, 0.717) is 5.69 Å². The standard InChI is InChI=1S/C9H12N4O2/c10-6-1-2-7(13-5-6)9(15)12-4-3-8(11)14/h1-2,5H,3-4,10H2,(H2,11,14)(H,12,15). The van der Waals surface area contributed by atoms with Crippen molar-refractivity contribution in [2.75, 3.05) is 12.3 Å². The third-order valence-electron chi connectivity index (χ3n) is 1.68. The van der Waals surface area contributed by atoms with Crippen molar-refractivity contribution in [3.05, 3.63) is 24.0 Å². The molecule has 0 aliphatic carbocycles. The molecule has 1 heterocycles. The number of amides is 2. The Morgan fingerprint density at radius 1 is 1.40 bits per heavy atom. The molecule has 0 aliphatic heterocycles. The summed E-state index contributed by atoms with van der Waals surface area (Å²) in [6, 6.07) is 3.09. The lowest BCUT2D eigenvalue weighted by Crippen LogP contribution is -2.28. The number of nitrogens with one attached hydrogen (secondary N) is 1. The number of carbonyl (C=O) groups is 2. The van der Waals surface area contributed by atoms with Gasteiger partial charge in [-0.05, 0) is 12.1 Å². The highest BCUT2D eigenvalue weighted by Crippen LogP contribution is 2.00. The summed E-state index contributed by atoms with van der Waals surface area (Å²) in [5.74, 6) is -0.809. The van der Waals surface area contributed by atoms with Crippen molar-refractivity contribution in [3.8, 4) is 0 Å². The number of hydrogen-bond donors (Lipinski definition) is 3. The van der Waals surface area contributed by atoms with Gasteiger partial charge in [-0.25, -0.2) is 4.98 Å². The minimum absolute atomic E-state index is 0.112. The Kier molecular flexibility index (Phi) is 3.61. The number of nitrogens with zero attached hydrogens (tertiary/aromatic N) is 1. The van der Waals surface area contributed by atoms with Crippen molar-refractivity contribution in [2.45, 2.75) is 6.42 Å². The van der Waals surface area contributed by atoms with E-state index in [-0.39, 0.29) is 24.6 Å². The minimum atomic E-state index is -0.458. The van der Waals surface area contributed by atoms with Crippen molar-refractivity contribution < 1.29 is 9.59 Å². The van der Waals surface area contributed by atoms with E-state index in [4.69, 9.17) is 11.5 Å². The Morgan fingerprint density at radius 3 is 2.67 bits per heavy atom. The molecule has 5 N–H and O–H groups in total. The van der Waals surface area contributed by atoms with Gasteiger partial charge in [0.1, 0.15) is 5.69 Å². The summed E-state index contributed by atoms with van der Waals surface area (Å²) >= 11 is 0. The van der Waals surface area contributed by atoms with Crippen LogP contribution in [0.1, 0.15) is 16.9 Å². The van der Waals surface area contributed by atoms with Crippen LogP contribution in [0.2, 0.25) is 0 Å². The predicted octanol–water partition coefficient (Wildman–Crippen LogP) is -0.731. The van der Waals surface area contributed by atoms with E-state index >= 15 is 0 Å². The lowest BCUT2D eigenvalue weighted by Gasteiger charge is -2.02. The molecule has 1 aromatic rings. The lowest BCUT2D eigenvalue weighted by molar-refractivity contribution is -0.117. The number of nitrogen functional groups attached to an aromatic ring is 1. The van der Waals surface area contributed by atoms with Gasteiger partial charge in [-0.2, -0.15) is 0 Å². The Bertz CT molecular complexity index is 361. The van der Waals surface area contributed by atoms with Crippen molar-refractivity contribution >= 4 is 17.5 Å². The maximum Gasteiger partial charge on any atom is 0.269 e. The molecule has 0 bridgehead atoms. The van der Waals surface area contributed by atoms with Crippen molar-refractivity contribution in [3.63, 3.8) is 0 Å². The largest absolute Gasteiger partial charge is 0.397 e. The summed E-state index contributed by atoms with van der Waals surface area (Å²) in [6.45, 7) is 0.209. The first-order chi connectivity index (χ1) is 7.09. The summed E-state index contributed by atoms with van der Waals surface area (Å²) in [4.78, 5) is 25.6. The summed E-state index contributed by atoms with van der Waals surface area (Å²) in [5.41, 5.74) is 11.1. The summed E-state index contributed by atoms with van der Waals surface area (Å²) in [5, 5.41) is 2.51. The van der Waals surface area contributed by atoms with Crippen LogP contribution in [0.15, 0.2) is 18.3 Å². The highest BCUT2D eigenvalue weighted by molar-refractivity contribution is 5.92. The monoisotopic (exact) mass is 208 g/mol. The van der Waals surface area contributed by atoms with E-state index in [1.807, 2.05) is 0 Å². The van der Waals surface area contributed by atoms with Crippen molar-refractivity contribution in [2.24, 2.45) is 5.73 Å². The molecule has 0 unspecified atom stereocenters. The fraction of sp³-hybridized carbons (Fsp3) is 0.222. The summed E-state index contributed by atoms with van der Waals surface area (Å²) in [6.07, 6.45) is 1.50. The Morgan fingerprint density at radius 2 is 2.13 bits per heavy atom. The first kappa shape index (κ1) is 11.0. The zero-order valence-corrected chi connectivity index (χ0v) is 8.06. The van der Waals surface area contributed by atoms with E-state index in [9.17, 15) is 9.59 Å². The van der Waals surface area contributed by atoms with E-state index in [1.54, 1.807) is 6.07 Å². The lowest BCUT2D eigenvalue weighted by atomic mass is 10.3. The maximum absolute atomic E-state index is 11.4. The molecule has 0 spiro atoms. The first-order valence-electron chi connectivity index (χ1n) is 4.37. The molecule has 1 aromatic heterocycles. The molecule has 0 radical (unpaired) electrons. The van der Waals surface area contributed by atoms with Gasteiger partial charge in [-0.1, -0.05) is 0 Å². The smallest absolute Gasteiger partial charge is 0.269 e. The van der Waals surface area contributed by atoms with Gasteiger partial charge in [0.15, 0.2) is 0 Å². The van der Waals surface area contributed by atoms with Crippen LogP contribution in [0.25, 0.3) is 0 Å². The Hall–Kier alpha value is -2.11. The maximum atomic E-state index is 11.4. The number of aromatic nitrogens is 1. The van der Waals surface area contributed by atoms with Crippen molar-refractivity contribution in [1.29, 1.82) is 0 Å². The number of carbonyl (C=O) groups excluding carboxylic acids is 2. The summed E-state index contributed by atoms with van der Waals surface area (Å²) < 4.78 is 0. The second kappa shape index (κ2) is 4.94. The van der Waals surface area contributed by atoms with Gasteiger partial charge in [-0.3, -0.25) is 9.59 Å². The zero-order valence-electron chi connectivity index (χ0n) is 8.06. The number of nitrogens with two attached hydrogens (primary N) is 2. The van der Waals surface area contributed by atoms with E-state index < -0.39 is 5.91 Å². The number of pyridine rings is 1. The third-order valence-corrected chi connectivity index (χ3v) is 1.68. The van der Waals surface area contributed by atoms with Gasteiger partial charge < -0.3 is 16.8 Å². The van der Waals surface area contributed by atoms with Crippen LogP contribution >= 0.6 is 0 Å². The van der Waals surface area contributed by atoms with E-state index in [2.05, 4.69) is 10.3 Å². The second-order valence-electron chi connectivity index (χ2n) is 2.95. The van der Waals surface area contributed by atoms with Crippen LogP contribution in [0, 0.1) is 0 Å². The fourth-order valence-electron chi connectivity index (χ4n) is 0.929. The number of hydrogen-bond acceptors (Lipinski definition) is 4. The van der Waals surface area contributed by atoms with Gasteiger partial charge in [0.05, 0.1) is 11.9 Å².